The van der Waals surface area contributed by atoms with Gasteiger partial charge < -0.3 is 13.9 Å². The van der Waals surface area contributed by atoms with Crippen LogP contribution in [0.2, 0.25) is 0 Å². The molecule has 6 rings (SSSR count). The molecular formula is C26H19N4O3S. The molecule has 34 heavy (non-hydrogen) atoms. The zero-order valence-electron chi connectivity index (χ0n) is 18.5. The van der Waals surface area contributed by atoms with Crippen LogP contribution in [0.4, 0.5) is 0 Å². The molecule has 0 fully saturated rings. The second-order valence-corrected chi connectivity index (χ2v) is 8.90. The maximum absolute atomic E-state index is 6.15. The van der Waals surface area contributed by atoms with E-state index in [1.807, 2.05) is 67.7 Å². The summed E-state index contributed by atoms with van der Waals surface area (Å²) in [5.41, 5.74) is 4.25. The molecule has 0 atom stereocenters. The van der Waals surface area contributed by atoms with E-state index < -0.39 is 0 Å². The lowest BCUT2D eigenvalue weighted by Crippen LogP contribution is -1.97. The molecule has 0 saturated carbocycles. The van der Waals surface area contributed by atoms with Gasteiger partial charge in [0.05, 0.1) is 19.0 Å². The zero-order chi connectivity index (χ0) is 23.1. The van der Waals surface area contributed by atoms with Gasteiger partial charge in [0.1, 0.15) is 34.4 Å². The molecule has 7 nitrogen and oxygen atoms in total. The van der Waals surface area contributed by atoms with Crippen molar-refractivity contribution in [2.45, 2.75) is 13.5 Å². The topological polar surface area (TPSA) is 74.7 Å². The summed E-state index contributed by atoms with van der Waals surface area (Å²) in [6.45, 7) is 2.31. The normalized spacial score (nSPS) is 11.4. The SMILES string of the molecule is COc1cc(COc2ccnc(-c3cc[c]cc3)c2)c2cc(-c3cn4nc(C)sc4n3)oc2c1. The van der Waals surface area contributed by atoms with Crippen LogP contribution in [0.15, 0.2) is 71.4 Å². The first-order chi connectivity index (χ1) is 16.7. The lowest BCUT2D eigenvalue weighted by molar-refractivity contribution is 0.306. The van der Waals surface area contributed by atoms with E-state index in [1.54, 1.807) is 29.2 Å². The van der Waals surface area contributed by atoms with Crippen LogP contribution in [0.3, 0.4) is 0 Å². The van der Waals surface area contributed by atoms with E-state index in [2.05, 4.69) is 21.1 Å². The predicted octanol–water partition coefficient (Wildman–Crippen LogP) is 5.96. The number of rotatable bonds is 6. The highest BCUT2D eigenvalue weighted by atomic mass is 32.1. The summed E-state index contributed by atoms with van der Waals surface area (Å²) in [5.74, 6) is 2.10. The van der Waals surface area contributed by atoms with Gasteiger partial charge in [0.25, 0.3) is 0 Å². The van der Waals surface area contributed by atoms with Crippen LogP contribution >= 0.6 is 11.3 Å². The van der Waals surface area contributed by atoms with Crippen LogP contribution in [-0.2, 0) is 6.61 Å². The number of pyridine rings is 1. The Morgan fingerprint density at radius 2 is 1.94 bits per heavy atom. The van der Waals surface area contributed by atoms with Crippen LogP contribution in [0.1, 0.15) is 10.6 Å². The van der Waals surface area contributed by atoms with Crippen molar-refractivity contribution in [1.82, 2.24) is 19.6 Å². The fraction of sp³-hybridized carbons (Fsp3) is 0.115. The lowest BCUT2D eigenvalue weighted by Gasteiger charge is -2.10. The van der Waals surface area contributed by atoms with E-state index in [0.29, 0.717) is 23.7 Å². The Morgan fingerprint density at radius 3 is 2.76 bits per heavy atom. The molecular weight excluding hydrogens is 448 g/mol. The Hall–Kier alpha value is -4.17. The maximum Gasteiger partial charge on any atom is 0.212 e. The number of methoxy groups -OCH3 is 1. The average Bonchev–Trinajstić information content (AvgIpc) is 3.55. The van der Waals surface area contributed by atoms with Gasteiger partial charge in [-0.2, -0.15) is 5.10 Å². The third-order valence-corrected chi connectivity index (χ3v) is 6.31. The summed E-state index contributed by atoms with van der Waals surface area (Å²) in [4.78, 5) is 9.94. The number of hydrogen-bond acceptors (Lipinski definition) is 7. The Labute approximate surface area is 199 Å². The van der Waals surface area contributed by atoms with E-state index >= 15 is 0 Å². The molecule has 6 aromatic rings. The second-order valence-electron chi connectivity index (χ2n) is 7.74. The first-order valence-electron chi connectivity index (χ1n) is 10.7. The number of aromatic nitrogens is 4. The number of nitrogens with zero attached hydrogens (tertiary/aromatic N) is 4. The number of benzene rings is 2. The number of furan rings is 1. The molecule has 0 bridgehead atoms. The minimum Gasteiger partial charge on any atom is -0.497 e. The minimum absolute atomic E-state index is 0.345. The van der Waals surface area contributed by atoms with Crippen molar-refractivity contribution in [1.29, 1.82) is 0 Å². The van der Waals surface area contributed by atoms with Gasteiger partial charge in [0.15, 0.2) is 5.76 Å². The Balaban J connectivity index is 1.32. The molecule has 1 radical (unpaired) electrons. The molecule has 0 aliphatic rings. The Kier molecular flexibility index (Phi) is 5.00. The molecule has 0 aliphatic heterocycles. The third-order valence-electron chi connectivity index (χ3n) is 5.47. The van der Waals surface area contributed by atoms with E-state index in [1.165, 1.54) is 0 Å². The van der Waals surface area contributed by atoms with Crippen LogP contribution < -0.4 is 9.47 Å². The van der Waals surface area contributed by atoms with Gasteiger partial charge in [-0.05, 0) is 31.2 Å². The summed E-state index contributed by atoms with van der Waals surface area (Å²) in [7, 11) is 1.64. The molecule has 8 heteroatoms. The molecule has 4 aromatic heterocycles. The largest absolute Gasteiger partial charge is 0.497 e. The lowest BCUT2D eigenvalue weighted by atomic mass is 10.1. The van der Waals surface area contributed by atoms with Crippen molar-refractivity contribution in [2.75, 3.05) is 7.11 Å². The number of aryl methyl sites for hydroxylation is 1. The zero-order valence-corrected chi connectivity index (χ0v) is 19.3. The average molecular weight is 468 g/mol. The Morgan fingerprint density at radius 1 is 1.06 bits per heavy atom. The maximum atomic E-state index is 6.15. The highest BCUT2D eigenvalue weighted by molar-refractivity contribution is 7.16. The molecule has 0 saturated heterocycles. The quantitative estimate of drug-likeness (QED) is 0.301. The first-order valence-corrected chi connectivity index (χ1v) is 11.5. The van der Waals surface area contributed by atoms with Crippen LogP contribution in [0, 0.1) is 13.0 Å². The standard InChI is InChI=1S/C26H19N4O3S/c1-16-29-30-14-23(28-26(30)34-16)25-13-21-18(10-20(31-2)12-24(21)33-25)15-32-19-8-9-27-22(11-19)17-6-4-3-5-7-17/h4-14H,15H2,1-2H3. The van der Waals surface area contributed by atoms with Crippen LogP contribution in [0.5, 0.6) is 11.5 Å². The van der Waals surface area contributed by atoms with Gasteiger partial charge >= 0.3 is 0 Å². The summed E-state index contributed by atoms with van der Waals surface area (Å²) in [6, 6.07) is 20.3. The van der Waals surface area contributed by atoms with Crippen molar-refractivity contribution < 1.29 is 13.9 Å². The van der Waals surface area contributed by atoms with E-state index in [0.717, 1.165) is 43.6 Å². The number of ether oxygens (including phenoxy) is 2. The highest BCUT2D eigenvalue weighted by Crippen LogP contribution is 2.34. The van der Waals surface area contributed by atoms with E-state index in [4.69, 9.17) is 13.9 Å². The summed E-state index contributed by atoms with van der Waals surface area (Å²) >= 11 is 1.54. The molecule has 0 aliphatic carbocycles. The fourth-order valence-corrected chi connectivity index (χ4v) is 4.57. The molecule has 0 unspecified atom stereocenters. The van der Waals surface area contributed by atoms with E-state index in [-0.39, 0.29) is 0 Å². The molecule has 4 heterocycles. The van der Waals surface area contributed by atoms with Crippen molar-refractivity contribution >= 4 is 27.3 Å². The van der Waals surface area contributed by atoms with Gasteiger partial charge in [-0.25, -0.2) is 9.50 Å². The van der Waals surface area contributed by atoms with Gasteiger partial charge in [0.2, 0.25) is 4.96 Å². The number of fused-ring (bicyclic) bond motifs is 2. The molecule has 167 valence electrons. The van der Waals surface area contributed by atoms with Gasteiger partial charge in [-0.3, -0.25) is 4.98 Å². The monoisotopic (exact) mass is 467 g/mol. The summed E-state index contributed by atoms with van der Waals surface area (Å²) in [6.07, 6.45) is 3.63. The van der Waals surface area contributed by atoms with Crippen molar-refractivity contribution in [3.8, 4) is 34.2 Å². The molecule has 0 amide bonds. The summed E-state index contributed by atoms with van der Waals surface area (Å²) < 4.78 is 19.6. The second kappa shape index (κ2) is 8.31. The van der Waals surface area contributed by atoms with Gasteiger partial charge in [-0.1, -0.05) is 35.6 Å². The smallest absolute Gasteiger partial charge is 0.212 e. The third kappa shape index (κ3) is 3.78. The van der Waals surface area contributed by atoms with Gasteiger partial charge in [0, 0.05) is 34.8 Å². The highest BCUT2D eigenvalue weighted by Gasteiger charge is 2.16. The van der Waals surface area contributed by atoms with E-state index in [9.17, 15) is 0 Å². The Bertz CT molecular complexity index is 1590. The van der Waals surface area contributed by atoms with Gasteiger partial charge in [-0.15, -0.1) is 0 Å². The first kappa shape index (κ1) is 20.4. The molecule has 0 N–H and O–H groups in total. The van der Waals surface area contributed by atoms with Crippen molar-refractivity contribution in [3.05, 3.63) is 83.6 Å². The number of hydrogen-bond donors (Lipinski definition) is 0. The number of imidazole rings is 1. The molecule has 2 aromatic carbocycles. The summed E-state index contributed by atoms with van der Waals surface area (Å²) in [5, 5.41) is 6.35. The van der Waals surface area contributed by atoms with Crippen molar-refractivity contribution in [3.63, 3.8) is 0 Å². The molecule has 0 spiro atoms. The van der Waals surface area contributed by atoms with Crippen molar-refractivity contribution in [2.24, 2.45) is 0 Å². The van der Waals surface area contributed by atoms with Crippen LogP contribution in [0.25, 0.3) is 38.6 Å². The predicted molar refractivity (Wildman–Crippen MR) is 130 cm³/mol. The van der Waals surface area contributed by atoms with Crippen LogP contribution in [-0.4, -0.2) is 26.7 Å². The fourth-order valence-electron chi connectivity index (χ4n) is 3.84. The minimum atomic E-state index is 0.345.